The molecular formula is C19H23N3O4. The van der Waals surface area contributed by atoms with Crippen molar-refractivity contribution in [2.75, 3.05) is 13.1 Å². The smallest absolute Gasteiger partial charge is 0.410 e. The van der Waals surface area contributed by atoms with Crippen LogP contribution in [-0.2, 0) is 4.74 Å². The molecule has 1 aliphatic heterocycles. The van der Waals surface area contributed by atoms with Crippen LogP contribution in [0.25, 0.3) is 11.4 Å². The highest BCUT2D eigenvalue weighted by molar-refractivity contribution is 5.94. The van der Waals surface area contributed by atoms with Crippen LogP contribution in [0.15, 0.2) is 28.8 Å². The van der Waals surface area contributed by atoms with Crippen molar-refractivity contribution < 1.29 is 18.8 Å². The summed E-state index contributed by atoms with van der Waals surface area (Å²) in [7, 11) is 0. The average Bonchev–Trinajstić information content (AvgIpc) is 3.22. The van der Waals surface area contributed by atoms with Crippen LogP contribution in [0.3, 0.4) is 0 Å². The van der Waals surface area contributed by atoms with E-state index in [1.54, 1.807) is 29.2 Å². The molecule has 0 N–H and O–H groups in total. The summed E-state index contributed by atoms with van der Waals surface area (Å²) in [6.07, 6.45) is 0.434. The number of ketones is 1. The fourth-order valence-corrected chi connectivity index (χ4v) is 2.83. The lowest BCUT2D eigenvalue weighted by Gasteiger charge is -2.24. The van der Waals surface area contributed by atoms with Crippen molar-refractivity contribution >= 4 is 11.9 Å². The van der Waals surface area contributed by atoms with Crippen LogP contribution in [0.4, 0.5) is 4.79 Å². The minimum absolute atomic E-state index is 0.000242. The Balaban J connectivity index is 1.67. The molecule has 7 nitrogen and oxygen atoms in total. The van der Waals surface area contributed by atoms with Crippen molar-refractivity contribution in [3.8, 4) is 11.4 Å². The Bertz CT molecular complexity index is 805. The Morgan fingerprint density at radius 2 is 1.92 bits per heavy atom. The van der Waals surface area contributed by atoms with E-state index < -0.39 is 5.60 Å². The normalized spacial score (nSPS) is 17.4. The molecule has 1 aliphatic rings. The number of Topliss-reactive ketones (excluding diaryl/α,β-unsaturated/α-hetero) is 1. The molecule has 1 aromatic heterocycles. The van der Waals surface area contributed by atoms with Gasteiger partial charge >= 0.3 is 6.09 Å². The maximum atomic E-state index is 12.2. The summed E-state index contributed by atoms with van der Waals surface area (Å²) in [6.45, 7) is 8.17. The second-order valence-electron chi connectivity index (χ2n) is 7.50. The number of benzene rings is 1. The van der Waals surface area contributed by atoms with Gasteiger partial charge in [0.05, 0.1) is 5.92 Å². The fourth-order valence-electron chi connectivity index (χ4n) is 2.83. The highest BCUT2D eigenvalue weighted by Gasteiger charge is 2.33. The van der Waals surface area contributed by atoms with E-state index in [0.717, 1.165) is 12.0 Å². The number of aromatic nitrogens is 2. The number of hydrogen-bond acceptors (Lipinski definition) is 6. The molecule has 2 heterocycles. The Labute approximate surface area is 152 Å². The zero-order chi connectivity index (χ0) is 18.9. The molecule has 0 saturated carbocycles. The molecule has 0 aliphatic carbocycles. The topological polar surface area (TPSA) is 85.5 Å². The maximum Gasteiger partial charge on any atom is 0.410 e. The monoisotopic (exact) mass is 357 g/mol. The quantitative estimate of drug-likeness (QED) is 0.779. The first-order chi connectivity index (χ1) is 12.2. The average molecular weight is 357 g/mol. The third kappa shape index (κ3) is 4.09. The van der Waals surface area contributed by atoms with E-state index in [-0.39, 0.29) is 17.8 Å². The summed E-state index contributed by atoms with van der Waals surface area (Å²) in [5.74, 6) is 1.01. The van der Waals surface area contributed by atoms with E-state index in [0.29, 0.717) is 30.4 Å². The van der Waals surface area contributed by atoms with Crippen LogP contribution in [0.2, 0.25) is 0 Å². The highest BCUT2D eigenvalue weighted by Crippen LogP contribution is 2.28. The summed E-state index contributed by atoms with van der Waals surface area (Å²) in [4.78, 5) is 29.6. The summed E-state index contributed by atoms with van der Waals surface area (Å²) >= 11 is 0. The van der Waals surface area contributed by atoms with E-state index in [4.69, 9.17) is 9.26 Å². The first-order valence-electron chi connectivity index (χ1n) is 8.66. The van der Waals surface area contributed by atoms with Gasteiger partial charge in [-0.1, -0.05) is 29.4 Å². The molecule has 0 bridgehead atoms. The number of ether oxygens (including phenoxy) is 1. The predicted octanol–water partition coefficient (Wildman–Crippen LogP) is 3.66. The van der Waals surface area contributed by atoms with Gasteiger partial charge in [0, 0.05) is 24.2 Å². The van der Waals surface area contributed by atoms with Crippen LogP contribution in [0.5, 0.6) is 0 Å². The van der Waals surface area contributed by atoms with Gasteiger partial charge in [-0.3, -0.25) is 4.79 Å². The number of likely N-dealkylation sites (tertiary alicyclic amines) is 1. The van der Waals surface area contributed by atoms with Crippen LogP contribution < -0.4 is 0 Å². The van der Waals surface area contributed by atoms with Crippen LogP contribution in [0, 0.1) is 0 Å². The van der Waals surface area contributed by atoms with Crippen molar-refractivity contribution in [1.29, 1.82) is 0 Å². The molecule has 0 unspecified atom stereocenters. The molecule has 1 atom stereocenters. The molecule has 3 rings (SSSR count). The van der Waals surface area contributed by atoms with Gasteiger partial charge in [0.1, 0.15) is 5.60 Å². The number of amides is 1. The van der Waals surface area contributed by atoms with Gasteiger partial charge in [0.15, 0.2) is 5.78 Å². The minimum Gasteiger partial charge on any atom is -0.444 e. The molecule has 1 aromatic carbocycles. The van der Waals surface area contributed by atoms with Crippen molar-refractivity contribution in [3.05, 3.63) is 35.7 Å². The van der Waals surface area contributed by atoms with Crippen molar-refractivity contribution in [2.45, 2.75) is 45.6 Å². The molecule has 138 valence electrons. The van der Waals surface area contributed by atoms with Crippen LogP contribution in [-0.4, -0.2) is 45.6 Å². The number of nitrogens with zero attached hydrogens (tertiary/aromatic N) is 3. The van der Waals surface area contributed by atoms with Gasteiger partial charge in [-0.2, -0.15) is 4.98 Å². The summed E-state index contributed by atoms with van der Waals surface area (Å²) in [6, 6.07) is 7.08. The highest BCUT2D eigenvalue weighted by atomic mass is 16.6. The Hall–Kier alpha value is -2.70. The SMILES string of the molecule is CC(=O)c1ccc(-c2noc([C@@H]3CCN(C(=O)OC(C)(C)C)C3)n2)cc1. The van der Waals surface area contributed by atoms with Crippen molar-refractivity contribution in [1.82, 2.24) is 15.0 Å². The van der Waals surface area contributed by atoms with E-state index in [1.165, 1.54) is 6.92 Å². The summed E-state index contributed by atoms with van der Waals surface area (Å²) in [5.41, 5.74) is 0.909. The number of carbonyl (C=O) groups excluding carboxylic acids is 2. The van der Waals surface area contributed by atoms with Gasteiger partial charge in [-0.05, 0) is 34.1 Å². The molecule has 26 heavy (non-hydrogen) atoms. The van der Waals surface area contributed by atoms with Crippen molar-refractivity contribution in [2.24, 2.45) is 0 Å². The maximum absolute atomic E-state index is 12.2. The van der Waals surface area contributed by atoms with Gasteiger partial charge in [0.2, 0.25) is 11.7 Å². The molecule has 1 saturated heterocycles. The number of carbonyl (C=O) groups is 2. The molecule has 1 amide bonds. The predicted molar refractivity (Wildman–Crippen MR) is 94.9 cm³/mol. The van der Waals surface area contributed by atoms with E-state index in [9.17, 15) is 9.59 Å². The van der Waals surface area contributed by atoms with E-state index in [1.807, 2.05) is 20.8 Å². The largest absolute Gasteiger partial charge is 0.444 e. The zero-order valence-corrected chi connectivity index (χ0v) is 15.5. The summed E-state index contributed by atoms with van der Waals surface area (Å²) < 4.78 is 10.8. The molecular weight excluding hydrogens is 334 g/mol. The Morgan fingerprint density at radius 3 is 2.54 bits per heavy atom. The molecule has 7 heteroatoms. The van der Waals surface area contributed by atoms with Crippen LogP contribution in [0.1, 0.15) is 56.3 Å². The lowest BCUT2D eigenvalue weighted by atomic mass is 10.1. The lowest BCUT2D eigenvalue weighted by Crippen LogP contribution is -2.35. The second kappa shape index (κ2) is 6.90. The first-order valence-corrected chi connectivity index (χ1v) is 8.66. The lowest BCUT2D eigenvalue weighted by molar-refractivity contribution is 0.0291. The first kappa shape index (κ1) is 18.1. The number of rotatable bonds is 3. The third-order valence-electron chi connectivity index (χ3n) is 4.18. The van der Waals surface area contributed by atoms with Gasteiger partial charge in [-0.25, -0.2) is 4.79 Å². The van der Waals surface area contributed by atoms with E-state index >= 15 is 0 Å². The minimum atomic E-state index is -0.515. The second-order valence-corrected chi connectivity index (χ2v) is 7.50. The van der Waals surface area contributed by atoms with Gasteiger partial charge in [-0.15, -0.1) is 0 Å². The standard InChI is InChI=1S/C19H23N3O4/c1-12(23)13-5-7-14(8-6-13)16-20-17(26-21-16)15-9-10-22(11-15)18(24)25-19(2,3)4/h5-8,15H,9-11H2,1-4H3/t15-/m1/s1. The molecule has 1 fully saturated rings. The Kier molecular flexibility index (Phi) is 4.80. The van der Waals surface area contributed by atoms with Crippen molar-refractivity contribution in [3.63, 3.8) is 0 Å². The van der Waals surface area contributed by atoms with Gasteiger partial charge < -0.3 is 14.2 Å². The van der Waals surface area contributed by atoms with Crippen LogP contribution >= 0.6 is 0 Å². The van der Waals surface area contributed by atoms with E-state index in [2.05, 4.69) is 10.1 Å². The fraction of sp³-hybridized carbons (Fsp3) is 0.474. The molecule has 0 radical (unpaired) electrons. The third-order valence-corrected chi connectivity index (χ3v) is 4.18. The summed E-state index contributed by atoms with van der Waals surface area (Å²) in [5, 5.41) is 4.03. The molecule has 0 spiro atoms. The molecule has 2 aromatic rings. The Morgan fingerprint density at radius 1 is 1.23 bits per heavy atom. The number of hydrogen-bond donors (Lipinski definition) is 0. The van der Waals surface area contributed by atoms with Gasteiger partial charge in [0.25, 0.3) is 0 Å². The zero-order valence-electron chi connectivity index (χ0n) is 15.5.